The van der Waals surface area contributed by atoms with E-state index in [0.717, 1.165) is 24.1 Å². The number of rotatable bonds is 3. The van der Waals surface area contributed by atoms with Gasteiger partial charge in [0.05, 0.1) is 12.7 Å². The molecule has 5 heteroatoms. The van der Waals surface area contributed by atoms with E-state index < -0.39 is 0 Å². The third kappa shape index (κ3) is 3.99. The van der Waals surface area contributed by atoms with Crippen LogP contribution in [0.5, 0.6) is 0 Å². The first kappa shape index (κ1) is 15.9. The normalized spacial score (nSPS) is 23.6. The van der Waals surface area contributed by atoms with Gasteiger partial charge in [-0.25, -0.2) is 4.79 Å². The van der Waals surface area contributed by atoms with Gasteiger partial charge in [-0.05, 0) is 17.7 Å². The van der Waals surface area contributed by atoms with Crippen LogP contribution in [0, 0.1) is 0 Å². The summed E-state index contributed by atoms with van der Waals surface area (Å²) in [6.45, 7) is 7.70. The lowest BCUT2D eigenvalue weighted by atomic mass is 10.1. The Kier molecular flexibility index (Phi) is 5.52. The van der Waals surface area contributed by atoms with Crippen molar-refractivity contribution in [1.29, 1.82) is 0 Å². The monoisotopic (exact) mass is 357 g/mol. The number of ether oxygens (including phenoxy) is 1. The van der Waals surface area contributed by atoms with Crippen molar-refractivity contribution in [1.82, 2.24) is 4.90 Å². The molecular weight excluding hydrogens is 338 g/mol. The van der Waals surface area contributed by atoms with Crippen molar-refractivity contribution < 1.29 is 9.53 Å². The summed E-state index contributed by atoms with van der Waals surface area (Å²) in [7, 11) is 1.40. The minimum absolute atomic E-state index is 0.297. The number of methoxy groups -OCH3 is 1. The highest BCUT2D eigenvalue weighted by atomic mass is 79.9. The van der Waals surface area contributed by atoms with Crippen molar-refractivity contribution in [3.8, 4) is 0 Å². The van der Waals surface area contributed by atoms with Crippen LogP contribution in [0.3, 0.4) is 0 Å². The molecule has 1 aliphatic rings. The molecule has 0 saturated carbocycles. The predicted molar refractivity (Wildman–Crippen MR) is 87.3 cm³/mol. The highest BCUT2D eigenvalue weighted by molar-refractivity contribution is 9.10. The highest BCUT2D eigenvalue weighted by Crippen LogP contribution is 2.27. The van der Waals surface area contributed by atoms with Crippen LogP contribution in [0.2, 0.25) is 0 Å². The molecule has 20 heavy (non-hydrogen) atoms. The smallest absolute Gasteiger partial charge is 0.337 e. The van der Waals surface area contributed by atoms with Crippen LogP contribution in [0.15, 0.2) is 22.7 Å². The number of hydrogen-bond acceptors (Lipinski definition) is 4. The van der Waals surface area contributed by atoms with Crippen molar-refractivity contribution in [2.45, 2.75) is 30.9 Å². The Morgan fingerprint density at radius 2 is 2.05 bits per heavy atom. The predicted octanol–water partition coefficient (Wildman–Crippen LogP) is 3.56. The Morgan fingerprint density at radius 3 is 2.60 bits per heavy atom. The van der Waals surface area contributed by atoms with Gasteiger partial charge in [-0.1, -0.05) is 35.8 Å². The topological polar surface area (TPSA) is 29.5 Å². The molecule has 1 fully saturated rings. The van der Waals surface area contributed by atoms with E-state index in [1.54, 1.807) is 0 Å². The van der Waals surface area contributed by atoms with E-state index in [4.69, 9.17) is 4.74 Å². The van der Waals surface area contributed by atoms with Crippen LogP contribution in [-0.2, 0) is 11.3 Å². The third-order valence-electron chi connectivity index (χ3n) is 3.36. The zero-order chi connectivity index (χ0) is 14.7. The summed E-state index contributed by atoms with van der Waals surface area (Å²) < 4.78 is 5.71. The van der Waals surface area contributed by atoms with Gasteiger partial charge in [0.1, 0.15) is 0 Å². The summed E-state index contributed by atoms with van der Waals surface area (Å²) in [5, 5.41) is 1.35. The van der Waals surface area contributed by atoms with Gasteiger partial charge in [0.2, 0.25) is 0 Å². The number of thioether (sulfide) groups is 1. The number of esters is 1. The molecule has 0 N–H and O–H groups in total. The molecule has 0 spiro atoms. The fourth-order valence-electron chi connectivity index (χ4n) is 2.57. The van der Waals surface area contributed by atoms with E-state index in [1.165, 1.54) is 12.7 Å². The zero-order valence-corrected chi connectivity index (χ0v) is 14.5. The number of carbonyl (C=O) groups is 1. The lowest BCUT2D eigenvalue weighted by Crippen LogP contribution is -2.39. The molecule has 1 saturated heterocycles. The molecule has 1 aliphatic heterocycles. The number of nitrogens with zero attached hydrogens (tertiary/aromatic N) is 1. The Balaban J connectivity index is 2.08. The van der Waals surface area contributed by atoms with Gasteiger partial charge in [-0.15, -0.1) is 0 Å². The molecule has 0 bridgehead atoms. The molecule has 1 aromatic carbocycles. The molecule has 110 valence electrons. The van der Waals surface area contributed by atoms with Crippen LogP contribution < -0.4 is 0 Å². The van der Waals surface area contributed by atoms with E-state index in [1.807, 2.05) is 18.2 Å². The molecule has 2 unspecified atom stereocenters. The second-order valence-electron chi connectivity index (χ2n) is 5.25. The van der Waals surface area contributed by atoms with Gasteiger partial charge in [0.25, 0.3) is 0 Å². The van der Waals surface area contributed by atoms with Crippen molar-refractivity contribution in [3.63, 3.8) is 0 Å². The van der Waals surface area contributed by atoms with Crippen LogP contribution in [0.1, 0.15) is 29.8 Å². The summed E-state index contributed by atoms with van der Waals surface area (Å²) in [5.41, 5.74) is 1.79. The van der Waals surface area contributed by atoms with Crippen LogP contribution >= 0.6 is 27.7 Å². The van der Waals surface area contributed by atoms with Gasteiger partial charge >= 0.3 is 5.97 Å². The fourth-order valence-corrected chi connectivity index (χ4v) is 4.47. The van der Waals surface area contributed by atoms with E-state index >= 15 is 0 Å². The maximum absolute atomic E-state index is 11.5. The SMILES string of the molecule is COC(=O)c1ccc(CN2CC(C)SC(C)C2)c(Br)c1. The lowest BCUT2D eigenvalue weighted by Gasteiger charge is -2.34. The van der Waals surface area contributed by atoms with Crippen molar-refractivity contribution in [2.24, 2.45) is 0 Å². The molecule has 2 rings (SSSR count). The Hall–Kier alpha value is -0.520. The fraction of sp³-hybridized carbons (Fsp3) is 0.533. The van der Waals surface area contributed by atoms with Crippen LogP contribution in [0.25, 0.3) is 0 Å². The first-order valence-corrected chi connectivity index (χ1v) is 8.47. The average molecular weight is 358 g/mol. The van der Waals surface area contributed by atoms with E-state index in [9.17, 15) is 4.79 Å². The minimum Gasteiger partial charge on any atom is -0.465 e. The summed E-state index contributed by atoms with van der Waals surface area (Å²) in [6, 6.07) is 5.68. The number of carbonyl (C=O) groups excluding carboxylic acids is 1. The van der Waals surface area contributed by atoms with Crippen molar-refractivity contribution in [3.05, 3.63) is 33.8 Å². The first-order valence-electron chi connectivity index (χ1n) is 6.74. The van der Waals surface area contributed by atoms with Crippen LogP contribution in [0.4, 0.5) is 0 Å². The number of halogens is 1. The van der Waals surface area contributed by atoms with Crippen molar-refractivity contribution >= 4 is 33.7 Å². The van der Waals surface area contributed by atoms with Gasteiger partial charge in [-0.3, -0.25) is 4.90 Å². The van der Waals surface area contributed by atoms with E-state index in [2.05, 4.69) is 46.4 Å². The summed E-state index contributed by atoms with van der Waals surface area (Å²) in [5.74, 6) is -0.297. The second kappa shape index (κ2) is 6.96. The zero-order valence-electron chi connectivity index (χ0n) is 12.1. The second-order valence-corrected chi connectivity index (χ2v) is 7.99. The van der Waals surface area contributed by atoms with Gasteiger partial charge in [0.15, 0.2) is 0 Å². The average Bonchev–Trinajstić information content (AvgIpc) is 2.39. The number of benzene rings is 1. The quantitative estimate of drug-likeness (QED) is 0.773. The maximum Gasteiger partial charge on any atom is 0.337 e. The Bertz CT molecular complexity index is 485. The van der Waals surface area contributed by atoms with E-state index in [-0.39, 0.29) is 5.97 Å². The molecule has 0 amide bonds. The molecule has 1 aromatic rings. The molecule has 0 radical (unpaired) electrons. The van der Waals surface area contributed by atoms with Crippen LogP contribution in [-0.4, -0.2) is 41.6 Å². The minimum atomic E-state index is -0.297. The maximum atomic E-state index is 11.5. The molecule has 1 heterocycles. The summed E-state index contributed by atoms with van der Waals surface area (Å²) in [6.07, 6.45) is 0. The Labute approximate surface area is 133 Å². The molecule has 3 nitrogen and oxygen atoms in total. The summed E-state index contributed by atoms with van der Waals surface area (Å²) >= 11 is 5.62. The molecule has 0 aromatic heterocycles. The third-order valence-corrected chi connectivity index (χ3v) is 5.33. The van der Waals surface area contributed by atoms with E-state index in [0.29, 0.717) is 16.1 Å². The van der Waals surface area contributed by atoms with Gasteiger partial charge in [0, 0.05) is 34.6 Å². The molecular formula is C15H20BrNO2S. The first-order chi connectivity index (χ1) is 9.49. The number of hydrogen-bond donors (Lipinski definition) is 0. The molecule has 0 aliphatic carbocycles. The summed E-state index contributed by atoms with van der Waals surface area (Å²) in [4.78, 5) is 14.0. The largest absolute Gasteiger partial charge is 0.465 e. The van der Waals surface area contributed by atoms with Gasteiger partial charge < -0.3 is 4.74 Å². The lowest BCUT2D eigenvalue weighted by molar-refractivity contribution is 0.0600. The van der Waals surface area contributed by atoms with Crippen molar-refractivity contribution in [2.75, 3.05) is 20.2 Å². The van der Waals surface area contributed by atoms with Gasteiger partial charge in [-0.2, -0.15) is 11.8 Å². The highest BCUT2D eigenvalue weighted by Gasteiger charge is 2.22. The molecule has 2 atom stereocenters. The standard InChI is InChI=1S/C15H20BrNO2S/c1-10-7-17(8-11(2)20-10)9-13-5-4-12(6-14(13)16)15(18)19-3/h4-6,10-11H,7-9H2,1-3H3. The Morgan fingerprint density at radius 1 is 1.40 bits per heavy atom.